The van der Waals surface area contributed by atoms with E-state index in [1.54, 1.807) is 21.7 Å². The van der Waals surface area contributed by atoms with Gasteiger partial charge in [-0.15, -0.1) is 0 Å². The average Bonchev–Trinajstić information content (AvgIpc) is 3.38. The Kier molecular flexibility index (Phi) is 4.93. The number of hydrogen-bond donors (Lipinski definition) is 4. The molecule has 0 radical (unpaired) electrons. The number of hydrogen-bond acceptors (Lipinski definition) is 5. The van der Waals surface area contributed by atoms with E-state index in [0.717, 1.165) is 0 Å². The van der Waals surface area contributed by atoms with E-state index in [1.165, 1.54) is 4.90 Å². The van der Waals surface area contributed by atoms with Gasteiger partial charge >= 0.3 is 11.7 Å². The SMILES string of the molecule is CC1CCN(C(=O)N2CC(F)CC2C#N)CC1n1c(-c2cc[nH]c2N)c(N)[nH]c1=O. The topological polar surface area (TPSA) is 153 Å². The third-order valence-electron chi connectivity index (χ3n) is 6.16. The highest BCUT2D eigenvalue weighted by molar-refractivity contribution is 5.79. The highest BCUT2D eigenvalue weighted by Gasteiger charge is 2.40. The van der Waals surface area contributed by atoms with Crippen LogP contribution < -0.4 is 17.2 Å². The first-order chi connectivity index (χ1) is 14.3. The lowest BCUT2D eigenvalue weighted by Gasteiger charge is -2.39. The molecule has 2 fully saturated rings. The number of piperidine rings is 1. The number of anilines is 2. The Balaban J connectivity index is 1.66. The Labute approximate surface area is 172 Å². The fourth-order valence-corrected chi connectivity index (χ4v) is 4.50. The minimum atomic E-state index is -1.20. The number of urea groups is 1. The number of rotatable bonds is 2. The van der Waals surface area contributed by atoms with Crippen molar-refractivity contribution in [2.45, 2.75) is 38.0 Å². The summed E-state index contributed by atoms with van der Waals surface area (Å²) in [4.78, 5) is 34.2. The number of carbonyl (C=O) groups is 1. The number of aromatic amines is 2. The van der Waals surface area contributed by atoms with E-state index >= 15 is 0 Å². The van der Waals surface area contributed by atoms with Crippen LogP contribution in [0.4, 0.5) is 20.8 Å². The number of aromatic nitrogens is 3. The maximum absolute atomic E-state index is 13.8. The average molecular weight is 416 g/mol. The number of amides is 2. The Morgan fingerprint density at radius 3 is 2.77 bits per heavy atom. The predicted molar refractivity (Wildman–Crippen MR) is 109 cm³/mol. The van der Waals surface area contributed by atoms with Crippen LogP contribution in [0.2, 0.25) is 0 Å². The lowest BCUT2D eigenvalue weighted by Crippen LogP contribution is -2.51. The zero-order valence-electron chi connectivity index (χ0n) is 16.6. The van der Waals surface area contributed by atoms with Crippen LogP contribution in [-0.4, -0.2) is 62.2 Å². The van der Waals surface area contributed by atoms with Crippen LogP contribution >= 0.6 is 0 Å². The van der Waals surface area contributed by atoms with Gasteiger partial charge < -0.3 is 26.3 Å². The molecule has 2 saturated heterocycles. The second-order valence-corrected chi connectivity index (χ2v) is 8.06. The minimum absolute atomic E-state index is 0.0284. The molecule has 10 nitrogen and oxygen atoms in total. The minimum Gasteiger partial charge on any atom is -0.385 e. The number of nitrogens with zero attached hydrogens (tertiary/aromatic N) is 4. The van der Waals surface area contributed by atoms with Gasteiger partial charge in [0.05, 0.1) is 24.3 Å². The van der Waals surface area contributed by atoms with Gasteiger partial charge in [0, 0.05) is 31.3 Å². The normalized spacial score (nSPS) is 26.7. The lowest BCUT2D eigenvalue weighted by molar-refractivity contribution is 0.110. The summed E-state index contributed by atoms with van der Waals surface area (Å²) in [7, 11) is 0. The zero-order chi connectivity index (χ0) is 21.6. The van der Waals surface area contributed by atoms with Crippen LogP contribution in [0.3, 0.4) is 0 Å². The second kappa shape index (κ2) is 7.44. The molecule has 0 saturated carbocycles. The van der Waals surface area contributed by atoms with Crippen LogP contribution in [0.15, 0.2) is 17.1 Å². The van der Waals surface area contributed by atoms with Crippen molar-refractivity contribution in [1.82, 2.24) is 24.3 Å². The van der Waals surface area contributed by atoms with Gasteiger partial charge in [0.15, 0.2) is 0 Å². The van der Waals surface area contributed by atoms with Crippen molar-refractivity contribution >= 4 is 17.7 Å². The quantitative estimate of drug-likeness (QED) is 0.581. The lowest BCUT2D eigenvalue weighted by atomic mass is 9.93. The molecule has 2 aromatic heterocycles. The van der Waals surface area contributed by atoms with Crippen LogP contribution in [0.1, 0.15) is 25.8 Å². The molecule has 30 heavy (non-hydrogen) atoms. The number of nitrogen functional groups attached to an aromatic ring is 2. The number of H-pyrrole nitrogens is 2. The van der Waals surface area contributed by atoms with Crippen molar-refractivity contribution in [1.29, 1.82) is 5.26 Å². The van der Waals surface area contributed by atoms with Gasteiger partial charge in [-0.05, 0) is 18.4 Å². The Morgan fingerprint density at radius 2 is 2.10 bits per heavy atom. The molecule has 4 heterocycles. The molecule has 4 unspecified atom stereocenters. The Hall–Kier alpha value is -3.42. The van der Waals surface area contributed by atoms with Crippen molar-refractivity contribution in [2.75, 3.05) is 31.1 Å². The molecular weight excluding hydrogens is 391 g/mol. The maximum Gasteiger partial charge on any atom is 0.327 e. The fourth-order valence-electron chi connectivity index (χ4n) is 4.50. The van der Waals surface area contributed by atoms with Crippen molar-refractivity contribution in [3.8, 4) is 17.3 Å². The number of nitrogens with two attached hydrogens (primary N) is 2. The number of carbonyl (C=O) groups excluding carboxylic acids is 1. The van der Waals surface area contributed by atoms with E-state index in [0.29, 0.717) is 30.0 Å². The van der Waals surface area contributed by atoms with Gasteiger partial charge in [-0.3, -0.25) is 9.55 Å². The van der Waals surface area contributed by atoms with Crippen molar-refractivity contribution < 1.29 is 9.18 Å². The molecule has 0 bridgehead atoms. The first-order valence-electron chi connectivity index (χ1n) is 9.94. The van der Waals surface area contributed by atoms with Crippen LogP contribution in [-0.2, 0) is 0 Å². The number of imidazole rings is 1. The highest BCUT2D eigenvalue weighted by atomic mass is 19.1. The van der Waals surface area contributed by atoms with E-state index in [4.69, 9.17) is 11.5 Å². The molecule has 160 valence electrons. The van der Waals surface area contributed by atoms with Gasteiger partial charge in [0.1, 0.15) is 23.8 Å². The summed E-state index contributed by atoms with van der Waals surface area (Å²) < 4.78 is 15.4. The predicted octanol–water partition coefficient (Wildman–Crippen LogP) is 1.27. The summed E-state index contributed by atoms with van der Waals surface area (Å²) in [5.74, 6) is 0.667. The van der Waals surface area contributed by atoms with Crippen LogP contribution in [0, 0.1) is 17.2 Å². The smallest absolute Gasteiger partial charge is 0.327 e. The molecular formula is C19H25FN8O2. The largest absolute Gasteiger partial charge is 0.385 e. The monoisotopic (exact) mass is 416 g/mol. The summed E-state index contributed by atoms with van der Waals surface area (Å²) in [6.45, 7) is 2.65. The van der Waals surface area contributed by atoms with Crippen LogP contribution in [0.5, 0.6) is 0 Å². The fraction of sp³-hybridized carbons (Fsp3) is 0.526. The molecule has 11 heteroatoms. The van der Waals surface area contributed by atoms with Crippen molar-refractivity contribution in [3.05, 3.63) is 22.7 Å². The second-order valence-electron chi connectivity index (χ2n) is 8.06. The molecule has 2 aliphatic rings. The molecule has 4 atom stereocenters. The standard InChI is InChI=1S/C19H25FN8O2/c1-10-3-5-26(19(30)27-8-11(20)6-12(27)7-21)9-14(10)28-15(17(23)25-18(28)29)13-2-4-24-16(13)22/h2,4,10-12,14,24H,3,5-6,8-9,22-23H2,1H3,(H,25,29). The van der Waals surface area contributed by atoms with Gasteiger partial charge in [0.25, 0.3) is 0 Å². The molecule has 2 aliphatic heterocycles. The number of nitriles is 1. The highest BCUT2D eigenvalue weighted by Crippen LogP contribution is 2.35. The first-order valence-corrected chi connectivity index (χ1v) is 9.94. The summed E-state index contributed by atoms with van der Waals surface area (Å²) in [6.07, 6.45) is 1.14. The van der Waals surface area contributed by atoms with Crippen molar-refractivity contribution in [3.63, 3.8) is 0 Å². The summed E-state index contributed by atoms with van der Waals surface area (Å²) >= 11 is 0. The summed E-state index contributed by atoms with van der Waals surface area (Å²) in [5, 5.41) is 9.27. The molecule has 2 aromatic rings. The van der Waals surface area contributed by atoms with Gasteiger partial charge in [0.2, 0.25) is 0 Å². The Bertz CT molecular complexity index is 1050. The van der Waals surface area contributed by atoms with E-state index in [1.807, 2.05) is 13.0 Å². The van der Waals surface area contributed by atoms with Gasteiger partial charge in [-0.1, -0.05) is 6.92 Å². The summed E-state index contributed by atoms with van der Waals surface area (Å²) in [5.41, 5.74) is 12.8. The van der Waals surface area contributed by atoms with Gasteiger partial charge in [-0.25, -0.2) is 14.0 Å². The third kappa shape index (κ3) is 3.18. The Morgan fingerprint density at radius 1 is 1.33 bits per heavy atom. The molecule has 4 rings (SSSR count). The number of likely N-dealkylation sites (tertiary alicyclic amines) is 2. The van der Waals surface area contributed by atoms with Gasteiger partial charge in [-0.2, -0.15) is 5.26 Å². The van der Waals surface area contributed by atoms with E-state index in [2.05, 4.69) is 9.97 Å². The molecule has 0 spiro atoms. The van der Waals surface area contributed by atoms with E-state index in [-0.39, 0.29) is 49.0 Å². The van der Waals surface area contributed by atoms with Crippen LogP contribution in [0.25, 0.3) is 11.3 Å². The molecule has 0 aromatic carbocycles. The van der Waals surface area contributed by atoms with Crippen molar-refractivity contribution in [2.24, 2.45) is 5.92 Å². The van der Waals surface area contributed by atoms with E-state index < -0.39 is 12.2 Å². The maximum atomic E-state index is 13.8. The zero-order valence-corrected chi connectivity index (χ0v) is 16.6. The molecule has 6 N–H and O–H groups in total. The number of halogens is 1. The number of alkyl halides is 1. The third-order valence-corrected chi connectivity index (χ3v) is 6.16. The first kappa shape index (κ1) is 19.9. The molecule has 0 aliphatic carbocycles. The van der Waals surface area contributed by atoms with E-state index in [9.17, 15) is 19.2 Å². The molecule has 2 amide bonds. The number of nitrogens with one attached hydrogen (secondary N) is 2. The summed E-state index contributed by atoms with van der Waals surface area (Å²) in [6, 6.07) is 2.25.